The van der Waals surface area contributed by atoms with Crippen LogP contribution in [-0.2, 0) is 7.05 Å². The lowest BCUT2D eigenvalue weighted by Crippen LogP contribution is -2.14. The van der Waals surface area contributed by atoms with E-state index in [2.05, 4.69) is 33.1 Å². The highest BCUT2D eigenvalue weighted by molar-refractivity contribution is 9.10. The zero-order chi connectivity index (χ0) is 16.4. The fourth-order valence-electron chi connectivity index (χ4n) is 2.42. The van der Waals surface area contributed by atoms with Gasteiger partial charge in [0.25, 0.3) is 5.91 Å². The molecule has 0 radical (unpaired) electrons. The molecule has 5 heteroatoms. The van der Waals surface area contributed by atoms with E-state index in [0.717, 1.165) is 20.6 Å². The molecule has 3 nitrogen and oxygen atoms in total. The average Bonchev–Trinajstić information content (AvgIpc) is 2.83. The summed E-state index contributed by atoms with van der Waals surface area (Å²) in [6, 6.07) is 17.3. The number of carbonyl (C=O) groups is 1. The molecule has 0 aliphatic heterocycles. The zero-order valence-corrected chi connectivity index (χ0v) is 15.2. The zero-order valence-electron chi connectivity index (χ0n) is 12.8. The van der Waals surface area contributed by atoms with Gasteiger partial charge in [-0.3, -0.25) is 4.79 Å². The molecule has 3 rings (SSSR count). The van der Waals surface area contributed by atoms with Gasteiger partial charge in [-0.1, -0.05) is 46.3 Å². The summed E-state index contributed by atoms with van der Waals surface area (Å²) in [7, 11) is 1.94. The maximum absolute atomic E-state index is 12.3. The van der Waals surface area contributed by atoms with Gasteiger partial charge in [-0.15, -0.1) is 11.3 Å². The normalized spacial score (nSPS) is 11.7. The summed E-state index contributed by atoms with van der Waals surface area (Å²) in [6.07, 6.45) is 0. The Bertz CT molecular complexity index is 908. The highest BCUT2D eigenvalue weighted by Gasteiger charge is 2.11. The summed E-state index contributed by atoms with van der Waals surface area (Å²) in [5.74, 6) is -0.218. The van der Waals surface area contributed by atoms with E-state index in [1.54, 1.807) is 12.1 Å². The van der Waals surface area contributed by atoms with Crippen molar-refractivity contribution in [2.24, 2.45) is 12.0 Å². The van der Waals surface area contributed by atoms with Crippen molar-refractivity contribution in [1.82, 2.24) is 4.57 Å². The van der Waals surface area contributed by atoms with Gasteiger partial charge in [0, 0.05) is 22.0 Å². The van der Waals surface area contributed by atoms with Crippen LogP contribution in [0.5, 0.6) is 0 Å². The van der Waals surface area contributed by atoms with Crippen molar-refractivity contribution in [2.75, 3.05) is 0 Å². The Morgan fingerprint density at radius 2 is 1.74 bits per heavy atom. The monoisotopic (exact) mass is 386 g/mol. The number of thiazole rings is 1. The lowest BCUT2D eigenvalue weighted by atomic mass is 10.1. The van der Waals surface area contributed by atoms with E-state index >= 15 is 0 Å². The van der Waals surface area contributed by atoms with Crippen LogP contribution in [0, 0.1) is 6.92 Å². The predicted octanol–water partition coefficient (Wildman–Crippen LogP) is 4.57. The summed E-state index contributed by atoms with van der Waals surface area (Å²) in [5.41, 5.74) is 2.80. The molecule has 0 spiro atoms. The first-order chi connectivity index (χ1) is 11.1. The molecule has 2 aromatic carbocycles. The van der Waals surface area contributed by atoms with Gasteiger partial charge >= 0.3 is 0 Å². The van der Waals surface area contributed by atoms with Gasteiger partial charge in [-0.2, -0.15) is 4.99 Å². The number of aryl methyl sites for hydroxylation is 1. The van der Waals surface area contributed by atoms with Crippen LogP contribution in [0.1, 0.15) is 15.2 Å². The molecule has 1 heterocycles. The third-order valence-corrected chi connectivity index (χ3v) is 5.11. The van der Waals surface area contributed by atoms with Crippen molar-refractivity contribution in [3.63, 3.8) is 0 Å². The van der Waals surface area contributed by atoms with E-state index in [1.165, 1.54) is 11.3 Å². The van der Waals surface area contributed by atoms with Crippen LogP contribution >= 0.6 is 27.3 Å². The number of carbonyl (C=O) groups excluding carboxylic acids is 1. The molecule has 0 saturated carbocycles. The first-order valence-electron chi connectivity index (χ1n) is 7.13. The molecule has 0 atom stereocenters. The third kappa shape index (κ3) is 3.35. The molecule has 0 saturated heterocycles. The van der Waals surface area contributed by atoms with Crippen molar-refractivity contribution >= 4 is 33.2 Å². The van der Waals surface area contributed by atoms with Crippen molar-refractivity contribution in [3.05, 3.63) is 74.3 Å². The SMILES string of the molecule is Cc1sc(=NC(=O)c2ccccc2)n(C)c1-c1ccc(Br)cc1. The number of hydrogen-bond acceptors (Lipinski definition) is 2. The van der Waals surface area contributed by atoms with E-state index < -0.39 is 0 Å². The maximum Gasteiger partial charge on any atom is 0.279 e. The fourth-order valence-corrected chi connectivity index (χ4v) is 3.67. The number of amides is 1. The summed E-state index contributed by atoms with van der Waals surface area (Å²) in [6.45, 7) is 2.05. The number of benzene rings is 2. The molecular formula is C18H15BrN2OS. The lowest BCUT2D eigenvalue weighted by Gasteiger charge is -2.04. The van der Waals surface area contributed by atoms with Gasteiger partial charge in [0.2, 0.25) is 0 Å². The summed E-state index contributed by atoms with van der Waals surface area (Å²) >= 11 is 4.98. The molecule has 116 valence electrons. The Labute approximate surface area is 147 Å². The second-order valence-corrected chi connectivity index (χ2v) is 7.24. The topological polar surface area (TPSA) is 34.4 Å². The second kappa shape index (κ2) is 6.64. The Hall–Kier alpha value is -1.98. The smallest absolute Gasteiger partial charge is 0.279 e. The van der Waals surface area contributed by atoms with Gasteiger partial charge in [0.05, 0.1) is 5.69 Å². The molecule has 0 fully saturated rings. The molecule has 1 amide bonds. The van der Waals surface area contributed by atoms with Gasteiger partial charge in [0.15, 0.2) is 4.80 Å². The maximum atomic E-state index is 12.3. The van der Waals surface area contributed by atoms with Gasteiger partial charge in [0.1, 0.15) is 0 Å². The largest absolute Gasteiger partial charge is 0.319 e. The molecular weight excluding hydrogens is 372 g/mol. The van der Waals surface area contributed by atoms with Gasteiger partial charge in [-0.05, 0) is 36.8 Å². The summed E-state index contributed by atoms with van der Waals surface area (Å²) in [5, 5.41) is 0. The van der Waals surface area contributed by atoms with E-state index in [9.17, 15) is 4.79 Å². The van der Waals surface area contributed by atoms with Crippen molar-refractivity contribution in [2.45, 2.75) is 6.92 Å². The van der Waals surface area contributed by atoms with Crippen molar-refractivity contribution in [3.8, 4) is 11.3 Å². The fraction of sp³-hybridized carbons (Fsp3) is 0.111. The van der Waals surface area contributed by atoms with Gasteiger partial charge in [-0.25, -0.2) is 0 Å². The number of hydrogen-bond donors (Lipinski definition) is 0. The number of rotatable bonds is 2. The quantitative estimate of drug-likeness (QED) is 0.635. The average molecular weight is 387 g/mol. The van der Waals surface area contributed by atoms with Crippen LogP contribution in [0.25, 0.3) is 11.3 Å². The minimum absolute atomic E-state index is 0.218. The predicted molar refractivity (Wildman–Crippen MR) is 97.5 cm³/mol. The minimum atomic E-state index is -0.218. The molecule has 0 N–H and O–H groups in total. The van der Waals surface area contributed by atoms with E-state index in [-0.39, 0.29) is 5.91 Å². The first kappa shape index (κ1) is 15.9. The molecule has 0 bridgehead atoms. The van der Waals surface area contributed by atoms with E-state index in [1.807, 2.05) is 48.9 Å². The Morgan fingerprint density at radius 1 is 1.09 bits per heavy atom. The Balaban J connectivity index is 2.06. The van der Waals surface area contributed by atoms with Crippen molar-refractivity contribution in [1.29, 1.82) is 0 Å². The number of halogens is 1. The van der Waals surface area contributed by atoms with Crippen LogP contribution in [0.15, 0.2) is 64.1 Å². The number of aromatic nitrogens is 1. The molecule has 23 heavy (non-hydrogen) atoms. The Kier molecular flexibility index (Phi) is 4.59. The molecule has 1 aromatic heterocycles. The lowest BCUT2D eigenvalue weighted by molar-refractivity contribution is 0.0998. The molecule has 0 unspecified atom stereocenters. The van der Waals surface area contributed by atoms with Crippen molar-refractivity contribution < 1.29 is 4.79 Å². The third-order valence-electron chi connectivity index (χ3n) is 3.54. The van der Waals surface area contributed by atoms with Gasteiger partial charge < -0.3 is 4.57 Å². The second-order valence-electron chi connectivity index (χ2n) is 5.14. The van der Waals surface area contributed by atoms with Crippen LogP contribution in [0.2, 0.25) is 0 Å². The van der Waals surface area contributed by atoms with Crippen LogP contribution in [0.3, 0.4) is 0 Å². The van der Waals surface area contributed by atoms with Crippen LogP contribution < -0.4 is 4.80 Å². The molecule has 0 aliphatic carbocycles. The number of nitrogens with zero attached hydrogens (tertiary/aromatic N) is 2. The molecule has 3 aromatic rings. The summed E-state index contributed by atoms with van der Waals surface area (Å²) < 4.78 is 3.02. The van der Waals surface area contributed by atoms with E-state index in [0.29, 0.717) is 10.4 Å². The highest BCUT2D eigenvalue weighted by atomic mass is 79.9. The first-order valence-corrected chi connectivity index (χ1v) is 8.73. The van der Waals surface area contributed by atoms with Crippen LogP contribution in [-0.4, -0.2) is 10.5 Å². The van der Waals surface area contributed by atoms with E-state index in [4.69, 9.17) is 0 Å². The van der Waals surface area contributed by atoms with Crippen LogP contribution in [0.4, 0.5) is 0 Å². The summed E-state index contributed by atoms with van der Waals surface area (Å²) in [4.78, 5) is 18.4. The molecule has 0 aliphatic rings. The standard InChI is InChI=1S/C18H15BrN2OS/c1-12-16(13-8-10-15(19)11-9-13)21(2)18(23-12)20-17(22)14-6-4-3-5-7-14/h3-11H,1-2H3. The Morgan fingerprint density at radius 3 is 2.39 bits per heavy atom. The highest BCUT2D eigenvalue weighted by Crippen LogP contribution is 2.25. The minimum Gasteiger partial charge on any atom is -0.319 e.